The molecule has 3 aromatic rings. The van der Waals surface area contributed by atoms with Crippen LogP contribution in [0.1, 0.15) is 37.0 Å². The number of aromatic nitrogens is 5. The van der Waals surface area contributed by atoms with Crippen LogP contribution in [0.15, 0.2) is 30.9 Å². The van der Waals surface area contributed by atoms with Crippen molar-refractivity contribution in [2.45, 2.75) is 32.5 Å². The normalized spacial score (nSPS) is 12.0. The molecule has 0 atom stereocenters. The Labute approximate surface area is 174 Å². The smallest absolute Gasteiger partial charge is 0.392 e. The van der Waals surface area contributed by atoms with E-state index < -0.39 is 28.9 Å². The van der Waals surface area contributed by atoms with Crippen molar-refractivity contribution in [1.29, 1.82) is 0 Å². The topological polar surface area (TPSA) is 116 Å². The Hall–Kier alpha value is -2.86. The molecule has 0 amide bonds. The summed E-state index contributed by atoms with van der Waals surface area (Å²) in [5.41, 5.74) is -4.65. The lowest BCUT2D eigenvalue weighted by Gasteiger charge is -2.11. The number of alkyl halides is 3. The van der Waals surface area contributed by atoms with E-state index in [9.17, 15) is 27.6 Å². The van der Waals surface area contributed by atoms with Gasteiger partial charge in [-0.1, -0.05) is 23.2 Å². The predicted octanol–water partition coefficient (Wildman–Crippen LogP) is 2.57. The zero-order valence-corrected chi connectivity index (χ0v) is 16.8. The summed E-state index contributed by atoms with van der Waals surface area (Å²) in [5.74, 6) is -0.656. The second-order valence-electron chi connectivity index (χ2n) is 6.38. The van der Waals surface area contributed by atoms with Crippen molar-refractivity contribution < 1.29 is 17.6 Å². The summed E-state index contributed by atoms with van der Waals surface area (Å²) in [7, 11) is 0. The molecule has 30 heavy (non-hydrogen) atoms. The van der Waals surface area contributed by atoms with Crippen LogP contribution in [0, 0.1) is 0 Å². The number of halogens is 5. The fourth-order valence-corrected chi connectivity index (χ4v) is 3.13. The third kappa shape index (κ3) is 4.19. The number of hydrogen-bond donors (Lipinski definition) is 1. The molecule has 2 aromatic heterocycles. The van der Waals surface area contributed by atoms with Gasteiger partial charge < -0.3 is 4.42 Å². The molecular weight excluding hydrogens is 454 g/mol. The standard InChI is InChI=1S/C16H12Cl2F3N5O4/c1-6(2)25-15(29)30-11(23-25)5-8-9(17)3-7(4-10(8)18)26-14(28)22-13(27)12(24-26)16(19,20)21/h3-4,6H,5H2,1-2H3,(H,22,27,28). The minimum absolute atomic E-state index is 0.0175. The quantitative estimate of drug-likeness (QED) is 0.632. The highest BCUT2D eigenvalue weighted by atomic mass is 35.5. The summed E-state index contributed by atoms with van der Waals surface area (Å²) in [5, 5.41) is 7.01. The summed E-state index contributed by atoms with van der Waals surface area (Å²) in [6.45, 7) is 3.46. The Morgan fingerprint density at radius 3 is 2.23 bits per heavy atom. The zero-order chi connectivity index (χ0) is 22.4. The van der Waals surface area contributed by atoms with Gasteiger partial charge in [0.05, 0.1) is 18.2 Å². The van der Waals surface area contributed by atoms with Crippen molar-refractivity contribution >= 4 is 23.2 Å². The van der Waals surface area contributed by atoms with Crippen molar-refractivity contribution in [3.8, 4) is 5.69 Å². The molecule has 160 valence electrons. The van der Waals surface area contributed by atoms with E-state index in [1.165, 1.54) is 0 Å². The van der Waals surface area contributed by atoms with Crippen LogP contribution >= 0.6 is 23.2 Å². The second kappa shape index (κ2) is 7.76. The van der Waals surface area contributed by atoms with Gasteiger partial charge in [0.25, 0.3) is 5.56 Å². The molecule has 0 spiro atoms. The first-order valence-corrected chi connectivity index (χ1v) is 9.01. The molecule has 0 saturated heterocycles. The Balaban J connectivity index is 2.06. The van der Waals surface area contributed by atoms with E-state index in [-0.39, 0.29) is 39.6 Å². The van der Waals surface area contributed by atoms with Crippen LogP contribution in [-0.4, -0.2) is 24.5 Å². The van der Waals surface area contributed by atoms with Gasteiger partial charge in [-0.05, 0) is 31.5 Å². The van der Waals surface area contributed by atoms with Crippen LogP contribution in [0.3, 0.4) is 0 Å². The predicted molar refractivity (Wildman–Crippen MR) is 99.4 cm³/mol. The highest BCUT2D eigenvalue weighted by Crippen LogP contribution is 2.30. The largest absolute Gasteiger partial charge is 0.440 e. The number of nitrogens with zero attached hydrogens (tertiary/aromatic N) is 4. The minimum atomic E-state index is -5.08. The van der Waals surface area contributed by atoms with Crippen molar-refractivity contribution in [3.63, 3.8) is 0 Å². The van der Waals surface area contributed by atoms with E-state index in [1.54, 1.807) is 18.8 Å². The van der Waals surface area contributed by atoms with E-state index in [4.69, 9.17) is 27.6 Å². The molecule has 0 aliphatic heterocycles. The Morgan fingerprint density at radius 2 is 1.73 bits per heavy atom. The fourth-order valence-electron chi connectivity index (χ4n) is 2.52. The van der Waals surface area contributed by atoms with Gasteiger partial charge in [0.2, 0.25) is 11.6 Å². The molecule has 3 rings (SSSR count). The first-order valence-electron chi connectivity index (χ1n) is 8.26. The molecule has 1 N–H and O–H groups in total. The molecule has 0 bridgehead atoms. The number of rotatable bonds is 4. The van der Waals surface area contributed by atoms with Crippen molar-refractivity contribution in [1.82, 2.24) is 24.5 Å². The van der Waals surface area contributed by atoms with Crippen LogP contribution in [0.4, 0.5) is 13.2 Å². The number of nitrogens with one attached hydrogen (secondary N) is 1. The monoisotopic (exact) mass is 465 g/mol. The molecule has 0 aliphatic carbocycles. The molecule has 9 nitrogen and oxygen atoms in total. The maximum atomic E-state index is 12.9. The van der Waals surface area contributed by atoms with Crippen LogP contribution in [0.2, 0.25) is 10.0 Å². The highest BCUT2D eigenvalue weighted by Gasteiger charge is 2.37. The maximum Gasteiger partial charge on any atom is 0.440 e. The molecule has 2 heterocycles. The van der Waals surface area contributed by atoms with Gasteiger partial charge in [-0.25, -0.2) is 9.59 Å². The molecular formula is C16H12Cl2F3N5O4. The summed E-state index contributed by atoms with van der Waals surface area (Å²) in [4.78, 5) is 36.6. The third-order valence-corrected chi connectivity index (χ3v) is 4.57. The lowest BCUT2D eigenvalue weighted by molar-refractivity contribution is -0.143. The van der Waals surface area contributed by atoms with Crippen LogP contribution in [0.25, 0.3) is 5.69 Å². The number of benzene rings is 1. The first kappa shape index (κ1) is 21.8. The van der Waals surface area contributed by atoms with E-state index in [1.807, 2.05) is 0 Å². The molecule has 0 saturated carbocycles. The van der Waals surface area contributed by atoms with Crippen LogP contribution in [0.5, 0.6) is 0 Å². The molecule has 0 fully saturated rings. The number of aromatic amines is 1. The van der Waals surface area contributed by atoms with Crippen LogP contribution < -0.4 is 17.0 Å². The average molecular weight is 466 g/mol. The van der Waals surface area contributed by atoms with Gasteiger partial charge in [-0.2, -0.15) is 27.6 Å². The fraction of sp³-hybridized carbons (Fsp3) is 0.312. The van der Waals surface area contributed by atoms with Gasteiger partial charge in [-0.3, -0.25) is 9.78 Å². The first-order chi connectivity index (χ1) is 13.9. The SMILES string of the molecule is CC(C)n1nc(Cc2c(Cl)cc(-n3nc(C(F)(F)F)c(=O)[nH]c3=O)cc2Cl)oc1=O. The lowest BCUT2D eigenvalue weighted by Crippen LogP contribution is -2.37. The highest BCUT2D eigenvalue weighted by molar-refractivity contribution is 6.36. The van der Waals surface area contributed by atoms with Crippen molar-refractivity contribution in [2.75, 3.05) is 0 Å². The average Bonchev–Trinajstić information content (AvgIpc) is 2.97. The van der Waals surface area contributed by atoms with Gasteiger partial charge in [0.15, 0.2) is 0 Å². The van der Waals surface area contributed by atoms with Gasteiger partial charge >= 0.3 is 17.6 Å². The zero-order valence-electron chi connectivity index (χ0n) is 15.3. The van der Waals surface area contributed by atoms with Gasteiger partial charge in [0, 0.05) is 10.0 Å². The number of H-pyrrole nitrogens is 1. The van der Waals surface area contributed by atoms with Gasteiger partial charge in [0.1, 0.15) is 0 Å². The minimum Gasteiger partial charge on any atom is -0.392 e. The summed E-state index contributed by atoms with van der Waals surface area (Å²) in [6.07, 6.45) is -5.17. The molecule has 1 aromatic carbocycles. The van der Waals surface area contributed by atoms with Crippen LogP contribution in [-0.2, 0) is 12.6 Å². The maximum absolute atomic E-state index is 12.9. The molecule has 0 radical (unpaired) electrons. The third-order valence-electron chi connectivity index (χ3n) is 3.90. The van der Waals surface area contributed by atoms with E-state index in [0.29, 0.717) is 4.68 Å². The summed E-state index contributed by atoms with van der Waals surface area (Å²) < 4.78 is 45.3. The van der Waals surface area contributed by atoms with Crippen molar-refractivity contribution in [3.05, 3.63) is 70.7 Å². The van der Waals surface area contributed by atoms with Crippen molar-refractivity contribution in [2.24, 2.45) is 0 Å². The lowest BCUT2D eigenvalue weighted by atomic mass is 10.1. The second-order valence-corrected chi connectivity index (χ2v) is 7.20. The van der Waals surface area contributed by atoms with Gasteiger partial charge in [-0.15, -0.1) is 5.10 Å². The Morgan fingerprint density at radius 1 is 1.13 bits per heavy atom. The number of hydrogen-bond acceptors (Lipinski definition) is 6. The molecule has 0 unspecified atom stereocenters. The molecule has 14 heteroatoms. The molecule has 0 aliphatic rings. The Kier molecular flexibility index (Phi) is 5.65. The van der Waals surface area contributed by atoms with E-state index >= 15 is 0 Å². The van der Waals surface area contributed by atoms with E-state index in [2.05, 4.69) is 10.2 Å². The van der Waals surface area contributed by atoms with E-state index in [0.717, 1.165) is 16.8 Å². The Bertz CT molecular complexity index is 1270. The summed E-state index contributed by atoms with van der Waals surface area (Å²) >= 11 is 12.4. The summed E-state index contributed by atoms with van der Waals surface area (Å²) in [6, 6.07) is 2.02.